The number of nitro groups is 1. The van der Waals surface area contributed by atoms with Gasteiger partial charge in [0.1, 0.15) is 12.4 Å². The van der Waals surface area contributed by atoms with Gasteiger partial charge in [-0.05, 0) is 19.9 Å². The third-order valence-corrected chi connectivity index (χ3v) is 2.77. The molecule has 7 nitrogen and oxygen atoms in total. The summed E-state index contributed by atoms with van der Waals surface area (Å²) >= 11 is 5.87. The topological polar surface area (TPSA) is 107 Å². The SMILES string of the molecule is CC(C)(COc1cc([N+](=O)[O-])ccc1Cl)C(=O)NN. The van der Waals surface area contributed by atoms with Crippen LogP contribution in [0.2, 0.25) is 5.02 Å². The van der Waals surface area contributed by atoms with Gasteiger partial charge in [-0.25, -0.2) is 5.84 Å². The van der Waals surface area contributed by atoms with Crippen LogP contribution in [0.1, 0.15) is 13.8 Å². The minimum absolute atomic E-state index is 0.0169. The number of nitrogens with two attached hydrogens (primary N) is 1. The molecule has 0 aliphatic heterocycles. The van der Waals surface area contributed by atoms with Crippen molar-refractivity contribution in [2.24, 2.45) is 11.3 Å². The Morgan fingerprint density at radius 1 is 1.58 bits per heavy atom. The summed E-state index contributed by atoms with van der Waals surface area (Å²) in [4.78, 5) is 21.5. The fourth-order valence-electron chi connectivity index (χ4n) is 1.24. The van der Waals surface area contributed by atoms with Gasteiger partial charge >= 0.3 is 0 Å². The van der Waals surface area contributed by atoms with E-state index in [-0.39, 0.29) is 23.1 Å². The number of ether oxygens (including phenoxy) is 1. The number of rotatable bonds is 5. The van der Waals surface area contributed by atoms with E-state index in [2.05, 4.69) is 0 Å². The monoisotopic (exact) mass is 287 g/mol. The fourth-order valence-corrected chi connectivity index (χ4v) is 1.41. The van der Waals surface area contributed by atoms with Crippen LogP contribution in [0, 0.1) is 15.5 Å². The standard InChI is InChI=1S/C11H14ClN3O4/c1-11(2,10(16)14-13)6-19-9-5-7(15(17)18)3-4-8(9)12/h3-5H,6,13H2,1-2H3,(H,14,16). The Morgan fingerprint density at radius 3 is 2.74 bits per heavy atom. The van der Waals surface area contributed by atoms with Crippen molar-refractivity contribution in [3.8, 4) is 5.75 Å². The second-order valence-corrected chi connectivity index (χ2v) is 4.93. The summed E-state index contributed by atoms with van der Waals surface area (Å²) in [5.41, 5.74) is 1.00. The molecule has 0 aliphatic rings. The second kappa shape index (κ2) is 5.85. The highest BCUT2D eigenvalue weighted by atomic mass is 35.5. The van der Waals surface area contributed by atoms with E-state index in [0.29, 0.717) is 0 Å². The Hall–Kier alpha value is -1.86. The first-order chi connectivity index (χ1) is 8.77. The van der Waals surface area contributed by atoms with E-state index in [1.807, 2.05) is 5.43 Å². The van der Waals surface area contributed by atoms with Crippen molar-refractivity contribution in [1.29, 1.82) is 0 Å². The number of non-ortho nitro benzene ring substituents is 1. The maximum atomic E-state index is 11.5. The van der Waals surface area contributed by atoms with Crippen LogP contribution < -0.4 is 16.0 Å². The first-order valence-corrected chi connectivity index (χ1v) is 5.73. The molecule has 1 aromatic carbocycles. The largest absolute Gasteiger partial charge is 0.491 e. The van der Waals surface area contributed by atoms with E-state index in [0.717, 1.165) is 0 Å². The maximum absolute atomic E-state index is 11.5. The molecule has 1 aromatic rings. The highest BCUT2D eigenvalue weighted by molar-refractivity contribution is 6.32. The zero-order chi connectivity index (χ0) is 14.6. The van der Waals surface area contributed by atoms with Gasteiger partial charge in [0.2, 0.25) is 5.91 Å². The van der Waals surface area contributed by atoms with Crippen LogP contribution in [0.3, 0.4) is 0 Å². The van der Waals surface area contributed by atoms with Crippen molar-refractivity contribution < 1.29 is 14.5 Å². The molecule has 3 N–H and O–H groups in total. The van der Waals surface area contributed by atoms with Gasteiger partial charge in [0.05, 0.1) is 21.4 Å². The van der Waals surface area contributed by atoms with Gasteiger partial charge < -0.3 is 4.74 Å². The fraction of sp³-hybridized carbons (Fsp3) is 0.364. The van der Waals surface area contributed by atoms with Gasteiger partial charge in [0, 0.05) is 6.07 Å². The summed E-state index contributed by atoms with van der Waals surface area (Å²) in [5.74, 6) is 4.79. The van der Waals surface area contributed by atoms with E-state index in [1.54, 1.807) is 13.8 Å². The van der Waals surface area contributed by atoms with Crippen molar-refractivity contribution >= 4 is 23.2 Å². The lowest BCUT2D eigenvalue weighted by atomic mass is 9.94. The summed E-state index contributed by atoms with van der Waals surface area (Å²) in [5, 5.41) is 10.9. The lowest BCUT2D eigenvalue weighted by Gasteiger charge is -2.22. The number of nitrogens with one attached hydrogen (secondary N) is 1. The Bertz CT molecular complexity index is 505. The van der Waals surface area contributed by atoms with E-state index in [9.17, 15) is 14.9 Å². The number of nitro benzene ring substituents is 1. The number of benzene rings is 1. The number of hydrazine groups is 1. The Labute approximate surface area is 114 Å². The first kappa shape index (κ1) is 15.2. The second-order valence-electron chi connectivity index (χ2n) is 4.52. The van der Waals surface area contributed by atoms with Crippen LogP contribution in [0.15, 0.2) is 18.2 Å². The number of hydrogen-bond donors (Lipinski definition) is 2. The van der Waals surface area contributed by atoms with Crippen LogP contribution in [0.5, 0.6) is 5.75 Å². The molecule has 1 amide bonds. The van der Waals surface area contributed by atoms with Gasteiger partial charge in [-0.3, -0.25) is 20.3 Å². The molecule has 0 saturated heterocycles. The normalized spacial score (nSPS) is 10.9. The molecule has 8 heteroatoms. The molecule has 0 fully saturated rings. The molecular weight excluding hydrogens is 274 g/mol. The first-order valence-electron chi connectivity index (χ1n) is 5.35. The number of carbonyl (C=O) groups is 1. The van der Waals surface area contributed by atoms with Crippen LogP contribution in [-0.2, 0) is 4.79 Å². The molecule has 104 valence electrons. The van der Waals surface area contributed by atoms with E-state index in [4.69, 9.17) is 22.2 Å². The van der Waals surface area contributed by atoms with Crippen molar-refractivity contribution in [3.05, 3.63) is 33.3 Å². The third-order valence-electron chi connectivity index (χ3n) is 2.46. The van der Waals surface area contributed by atoms with Crippen molar-refractivity contribution in [3.63, 3.8) is 0 Å². The number of nitrogens with zero attached hydrogens (tertiary/aromatic N) is 1. The number of hydrogen-bond acceptors (Lipinski definition) is 5. The molecule has 0 bridgehead atoms. The molecular formula is C11H14ClN3O4. The average Bonchev–Trinajstić information content (AvgIpc) is 2.36. The molecule has 19 heavy (non-hydrogen) atoms. The van der Waals surface area contributed by atoms with E-state index >= 15 is 0 Å². The Balaban J connectivity index is 2.85. The molecule has 0 spiro atoms. The van der Waals surface area contributed by atoms with Gasteiger partial charge in [0.15, 0.2) is 0 Å². The number of halogens is 1. The molecule has 0 atom stereocenters. The highest BCUT2D eigenvalue weighted by Crippen LogP contribution is 2.30. The smallest absolute Gasteiger partial charge is 0.273 e. The summed E-state index contributed by atoms with van der Waals surface area (Å²) in [6.45, 7) is 3.23. The zero-order valence-corrected chi connectivity index (χ0v) is 11.2. The lowest BCUT2D eigenvalue weighted by molar-refractivity contribution is -0.384. The highest BCUT2D eigenvalue weighted by Gasteiger charge is 2.28. The van der Waals surface area contributed by atoms with Gasteiger partial charge in [-0.15, -0.1) is 0 Å². The minimum Gasteiger partial charge on any atom is -0.491 e. The minimum atomic E-state index is -0.886. The van der Waals surface area contributed by atoms with Crippen LogP contribution in [0.25, 0.3) is 0 Å². The molecule has 0 aromatic heterocycles. The summed E-state index contributed by atoms with van der Waals surface area (Å²) in [7, 11) is 0. The van der Waals surface area contributed by atoms with Gasteiger partial charge in [-0.1, -0.05) is 11.6 Å². The molecule has 0 saturated carbocycles. The zero-order valence-electron chi connectivity index (χ0n) is 10.5. The van der Waals surface area contributed by atoms with Gasteiger partial charge in [0.25, 0.3) is 5.69 Å². The predicted octanol–water partition coefficient (Wildman–Crippen LogP) is 1.64. The van der Waals surface area contributed by atoms with Crippen molar-refractivity contribution in [2.75, 3.05) is 6.61 Å². The van der Waals surface area contributed by atoms with Crippen molar-refractivity contribution in [1.82, 2.24) is 5.43 Å². The number of carbonyl (C=O) groups excluding carboxylic acids is 1. The molecule has 0 heterocycles. The van der Waals surface area contributed by atoms with Crippen LogP contribution >= 0.6 is 11.6 Å². The van der Waals surface area contributed by atoms with Crippen LogP contribution in [0.4, 0.5) is 5.69 Å². The molecule has 0 aliphatic carbocycles. The van der Waals surface area contributed by atoms with Crippen LogP contribution in [-0.4, -0.2) is 17.4 Å². The van der Waals surface area contributed by atoms with E-state index < -0.39 is 16.2 Å². The van der Waals surface area contributed by atoms with E-state index in [1.165, 1.54) is 18.2 Å². The molecule has 1 rings (SSSR count). The quantitative estimate of drug-likeness (QED) is 0.370. The number of amides is 1. The third kappa shape index (κ3) is 3.80. The summed E-state index contributed by atoms with van der Waals surface area (Å²) < 4.78 is 5.36. The lowest BCUT2D eigenvalue weighted by Crippen LogP contribution is -2.44. The maximum Gasteiger partial charge on any atom is 0.273 e. The predicted molar refractivity (Wildman–Crippen MR) is 69.7 cm³/mol. The van der Waals surface area contributed by atoms with Gasteiger partial charge in [-0.2, -0.15) is 0 Å². The average molecular weight is 288 g/mol. The Kier molecular flexibility index (Phi) is 4.68. The van der Waals surface area contributed by atoms with Crippen molar-refractivity contribution in [2.45, 2.75) is 13.8 Å². The summed E-state index contributed by atoms with van der Waals surface area (Å²) in [6, 6.07) is 3.84. The molecule has 0 radical (unpaired) electrons. The Morgan fingerprint density at radius 2 is 2.21 bits per heavy atom. The summed E-state index contributed by atoms with van der Waals surface area (Å²) in [6.07, 6.45) is 0. The molecule has 0 unspecified atom stereocenters.